The van der Waals surface area contributed by atoms with Crippen LogP contribution in [0.15, 0.2) is 48.5 Å². The topological polar surface area (TPSA) is 107 Å². The van der Waals surface area contributed by atoms with Crippen LogP contribution in [0.5, 0.6) is 5.75 Å². The van der Waals surface area contributed by atoms with Crippen molar-refractivity contribution in [2.24, 2.45) is 17.8 Å². The summed E-state index contributed by atoms with van der Waals surface area (Å²) in [5.41, 5.74) is 1.10. The minimum Gasteiger partial charge on any atom is -0.494 e. The lowest BCUT2D eigenvalue weighted by molar-refractivity contribution is -0.197. The molecule has 2 aromatic carbocycles. The van der Waals surface area contributed by atoms with E-state index in [4.69, 9.17) is 23.7 Å². The van der Waals surface area contributed by atoms with Gasteiger partial charge in [0, 0.05) is 38.5 Å². The van der Waals surface area contributed by atoms with Crippen LogP contribution in [0.4, 0.5) is 9.18 Å². The predicted molar refractivity (Wildman–Crippen MR) is 183 cm³/mol. The van der Waals surface area contributed by atoms with E-state index in [2.05, 4.69) is 18.7 Å². The summed E-state index contributed by atoms with van der Waals surface area (Å²) in [5.74, 6) is -1.22. The molecule has 0 spiro atoms. The third-order valence-corrected chi connectivity index (χ3v) is 8.96. The average molecular weight is 687 g/mol. The van der Waals surface area contributed by atoms with Crippen LogP contribution in [-0.4, -0.2) is 97.1 Å². The summed E-state index contributed by atoms with van der Waals surface area (Å²) in [6, 6.07) is 14.3. The molecule has 0 aromatic heterocycles. The number of methoxy groups -OCH3 is 1. The summed E-state index contributed by atoms with van der Waals surface area (Å²) in [6.07, 6.45) is -1.54. The van der Waals surface area contributed by atoms with E-state index < -0.39 is 47.9 Å². The third-order valence-electron chi connectivity index (χ3n) is 8.96. The van der Waals surface area contributed by atoms with Gasteiger partial charge in [-0.05, 0) is 63.3 Å². The highest BCUT2D eigenvalue weighted by atomic mass is 19.1. The lowest BCUT2D eigenvalue weighted by atomic mass is 9.89. The summed E-state index contributed by atoms with van der Waals surface area (Å²) >= 11 is 0. The molecule has 2 fully saturated rings. The fourth-order valence-electron chi connectivity index (χ4n) is 6.82. The van der Waals surface area contributed by atoms with Gasteiger partial charge in [0.2, 0.25) is 0 Å². The smallest absolute Gasteiger partial charge is 0.410 e. The number of fused-ring (bicyclic) bond motifs is 1. The van der Waals surface area contributed by atoms with Crippen LogP contribution in [0.1, 0.15) is 65.5 Å². The number of carbonyl (C=O) groups is 2. The van der Waals surface area contributed by atoms with Gasteiger partial charge in [0.25, 0.3) is 0 Å². The Kier molecular flexibility index (Phi) is 13.9. The number of esters is 1. The molecule has 272 valence electrons. The monoisotopic (exact) mass is 686 g/mol. The first-order valence-corrected chi connectivity index (χ1v) is 17.5. The van der Waals surface area contributed by atoms with E-state index in [0.29, 0.717) is 45.0 Å². The van der Waals surface area contributed by atoms with Gasteiger partial charge in [0.15, 0.2) is 17.9 Å². The number of aliphatic hydroxyl groups is 1. The highest BCUT2D eigenvalue weighted by molar-refractivity contribution is 5.70. The van der Waals surface area contributed by atoms with Crippen LogP contribution < -0.4 is 4.74 Å². The Morgan fingerprint density at radius 1 is 1.06 bits per heavy atom. The van der Waals surface area contributed by atoms with E-state index in [9.17, 15) is 19.1 Å². The van der Waals surface area contributed by atoms with Gasteiger partial charge in [-0.15, -0.1) is 0 Å². The Labute approximate surface area is 290 Å². The van der Waals surface area contributed by atoms with Crippen molar-refractivity contribution in [3.63, 3.8) is 0 Å². The van der Waals surface area contributed by atoms with Gasteiger partial charge < -0.3 is 33.7 Å². The SMILES string of the molecule is CCN(C(=O)OC(C)(C)C)[C@H]1CO[C@@H]2OCC[C@H](OC(=O)C[C@@H](Cc3ccccc3)[C@H](O)CN(Cc3ccc(OC)c(F)c3)CC(C)C)[C@@H]21. The number of hydrogen-bond acceptors (Lipinski definition) is 9. The second-order valence-electron chi connectivity index (χ2n) is 14.6. The summed E-state index contributed by atoms with van der Waals surface area (Å²) in [6.45, 7) is 13.9. The molecule has 49 heavy (non-hydrogen) atoms. The average Bonchev–Trinajstić information content (AvgIpc) is 3.45. The molecule has 0 radical (unpaired) electrons. The number of nitrogens with zero attached hydrogens (tertiary/aromatic N) is 2. The van der Waals surface area contributed by atoms with Crippen molar-refractivity contribution in [3.05, 3.63) is 65.5 Å². The molecule has 4 rings (SSSR count). The highest BCUT2D eigenvalue weighted by Crippen LogP contribution is 2.37. The number of halogens is 1. The molecule has 1 amide bonds. The van der Waals surface area contributed by atoms with E-state index in [1.165, 1.54) is 13.2 Å². The number of likely N-dealkylation sites (N-methyl/N-ethyl adjacent to an activating group) is 1. The first kappa shape index (κ1) is 38.6. The number of carbonyl (C=O) groups excluding carboxylic acids is 2. The normalized spacial score (nSPS) is 22.0. The molecule has 0 saturated carbocycles. The molecular formula is C38H55FN2O8. The Morgan fingerprint density at radius 2 is 1.80 bits per heavy atom. The Morgan fingerprint density at radius 3 is 2.43 bits per heavy atom. The van der Waals surface area contributed by atoms with Crippen LogP contribution >= 0.6 is 0 Å². The van der Waals surface area contributed by atoms with Gasteiger partial charge >= 0.3 is 12.1 Å². The summed E-state index contributed by atoms with van der Waals surface area (Å²) in [4.78, 5) is 30.6. The van der Waals surface area contributed by atoms with Crippen LogP contribution in [0.2, 0.25) is 0 Å². The van der Waals surface area contributed by atoms with Crippen molar-refractivity contribution in [1.29, 1.82) is 0 Å². The Bertz CT molecular complexity index is 1350. The number of benzene rings is 2. The van der Waals surface area contributed by atoms with Gasteiger partial charge in [-0.3, -0.25) is 9.69 Å². The first-order chi connectivity index (χ1) is 23.3. The fourth-order valence-corrected chi connectivity index (χ4v) is 6.82. The number of amides is 1. The molecule has 0 bridgehead atoms. The van der Waals surface area contributed by atoms with E-state index in [1.807, 2.05) is 64.1 Å². The van der Waals surface area contributed by atoms with Crippen LogP contribution in [0.25, 0.3) is 0 Å². The zero-order valence-electron chi connectivity index (χ0n) is 30.1. The highest BCUT2D eigenvalue weighted by Gasteiger charge is 2.51. The molecule has 0 aliphatic carbocycles. The van der Waals surface area contributed by atoms with E-state index >= 15 is 0 Å². The number of ether oxygens (including phenoxy) is 5. The van der Waals surface area contributed by atoms with Crippen molar-refractivity contribution >= 4 is 12.1 Å². The molecular weight excluding hydrogens is 631 g/mol. The standard InChI is InChI=1S/C38H55FN2O8/c1-8-41(37(44)49-38(4,5)6)30-24-47-36-35(30)33(16-17-46-36)48-34(43)20-28(18-26-12-10-9-11-13-26)31(42)23-40(21-25(2)3)22-27-14-15-32(45-7)29(39)19-27/h9-15,19,25,28,30-31,33,35-36,42H,8,16-18,20-24H2,1-7H3/t28-,30+,31-,33+,35+,36+/m1/s1. The van der Waals surface area contributed by atoms with Gasteiger partial charge in [0.05, 0.1) is 44.8 Å². The molecule has 11 heteroatoms. The fraction of sp³-hybridized carbons (Fsp3) is 0.632. The lowest BCUT2D eigenvalue weighted by Crippen LogP contribution is -2.53. The Hall–Kier alpha value is -3.25. The molecule has 2 aromatic rings. The molecule has 2 aliphatic heterocycles. The van der Waals surface area contributed by atoms with Crippen molar-refractivity contribution in [3.8, 4) is 5.75 Å². The van der Waals surface area contributed by atoms with Crippen LogP contribution in [0.3, 0.4) is 0 Å². The molecule has 6 atom stereocenters. The summed E-state index contributed by atoms with van der Waals surface area (Å²) in [5, 5.41) is 11.7. The van der Waals surface area contributed by atoms with Gasteiger partial charge in [-0.2, -0.15) is 0 Å². The maximum atomic E-state index is 14.5. The lowest BCUT2D eigenvalue weighted by Gasteiger charge is -2.39. The second-order valence-corrected chi connectivity index (χ2v) is 14.6. The molecule has 2 aliphatic rings. The Balaban J connectivity index is 1.49. The third kappa shape index (κ3) is 11.1. The van der Waals surface area contributed by atoms with Gasteiger partial charge in [-0.1, -0.05) is 50.2 Å². The number of rotatable bonds is 15. The summed E-state index contributed by atoms with van der Waals surface area (Å²) in [7, 11) is 1.43. The van der Waals surface area contributed by atoms with Crippen molar-refractivity contribution in [2.75, 3.05) is 40.0 Å². The van der Waals surface area contributed by atoms with Gasteiger partial charge in [-0.25, -0.2) is 9.18 Å². The van der Waals surface area contributed by atoms with E-state index in [1.54, 1.807) is 11.0 Å². The zero-order valence-corrected chi connectivity index (χ0v) is 30.1. The van der Waals surface area contributed by atoms with Gasteiger partial charge in [0.1, 0.15) is 11.7 Å². The van der Waals surface area contributed by atoms with E-state index in [-0.39, 0.29) is 37.3 Å². The van der Waals surface area contributed by atoms with Crippen LogP contribution in [-0.2, 0) is 36.7 Å². The minimum absolute atomic E-state index is 0.00737. The maximum absolute atomic E-state index is 14.5. The molecule has 10 nitrogen and oxygen atoms in total. The number of hydrogen-bond donors (Lipinski definition) is 1. The van der Waals surface area contributed by atoms with Crippen molar-refractivity contribution in [2.45, 2.75) is 97.5 Å². The maximum Gasteiger partial charge on any atom is 0.410 e. The van der Waals surface area contributed by atoms with Crippen molar-refractivity contribution in [1.82, 2.24) is 9.80 Å². The predicted octanol–water partition coefficient (Wildman–Crippen LogP) is 5.83. The van der Waals surface area contributed by atoms with Crippen molar-refractivity contribution < 1.29 is 42.8 Å². The second kappa shape index (κ2) is 17.6. The summed E-state index contributed by atoms with van der Waals surface area (Å²) < 4.78 is 43.3. The molecule has 2 heterocycles. The molecule has 0 unspecified atom stereocenters. The minimum atomic E-state index is -0.873. The number of aliphatic hydroxyl groups excluding tert-OH is 1. The first-order valence-electron chi connectivity index (χ1n) is 17.5. The van der Waals surface area contributed by atoms with Crippen LogP contribution in [0, 0.1) is 23.6 Å². The quantitative estimate of drug-likeness (QED) is 0.232. The van der Waals surface area contributed by atoms with E-state index in [0.717, 1.165) is 11.1 Å². The molecule has 2 saturated heterocycles. The largest absolute Gasteiger partial charge is 0.494 e. The molecule has 1 N–H and O–H groups in total. The zero-order chi connectivity index (χ0) is 35.7.